The van der Waals surface area contributed by atoms with E-state index in [0.717, 1.165) is 11.1 Å². The van der Waals surface area contributed by atoms with Crippen LogP contribution in [0.1, 0.15) is 11.1 Å². The predicted molar refractivity (Wildman–Crippen MR) is 70.4 cm³/mol. The summed E-state index contributed by atoms with van der Waals surface area (Å²) in [6.45, 7) is 0.969. The number of nitrogen functional groups attached to an aromatic ring is 1. The molecule has 0 atom stereocenters. The smallest absolute Gasteiger partial charge is 0.171 e. The Morgan fingerprint density at radius 1 is 1.06 bits per heavy atom. The van der Waals surface area contributed by atoms with E-state index in [2.05, 4.69) is 9.97 Å². The topological polar surface area (TPSA) is 70.3 Å². The molecule has 0 amide bonds. The van der Waals surface area contributed by atoms with Gasteiger partial charge in [-0.25, -0.2) is 9.97 Å². The third-order valence-electron chi connectivity index (χ3n) is 2.57. The molecule has 0 aliphatic heterocycles. The van der Waals surface area contributed by atoms with E-state index in [1.54, 1.807) is 14.2 Å². The molecule has 0 bridgehead atoms. The lowest BCUT2D eigenvalue weighted by Gasteiger charge is -2.10. The zero-order valence-corrected chi connectivity index (χ0v) is 11.0. The van der Waals surface area contributed by atoms with Crippen molar-refractivity contribution in [1.29, 1.82) is 0 Å². The van der Waals surface area contributed by atoms with Crippen LogP contribution in [-0.4, -0.2) is 24.2 Å². The summed E-state index contributed by atoms with van der Waals surface area (Å²) in [5, 5.41) is 0.213. The summed E-state index contributed by atoms with van der Waals surface area (Å²) in [6.07, 6.45) is 0. The maximum Gasteiger partial charge on any atom is 0.171 e. The number of ether oxygens (including phenoxy) is 2. The molecule has 96 valence electrons. The number of halogens is 1. The van der Waals surface area contributed by atoms with E-state index < -0.39 is 0 Å². The van der Waals surface area contributed by atoms with Crippen LogP contribution in [0, 0.1) is 0 Å². The number of methoxy groups -OCH3 is 2. The van der Waals surface area contributed by atoms with Crippen molar-refractivity contribution in [1.82, 2.24) is 9.97 Å². The molecule has 1 heterocycles. The van der Waals surface area contributed by atoms with Crippen molar-refractivity contribution in [3.05, 3.63) is 28.4 Å². The number of rotatable bonds is 4. The molecule has 0 saturated heterocycles. The first-order valence-electron chi connectivity index (χ1n) is 5.38. The van der Waals surface area contributed by atoms with Gasteiger partial charge in [-0.05, 0) is 23.3 Å². The van der Waals surface area contributed by atoms with Crippen molar-refractivity contribution < 1.29 is 9.47 Å². The van der Waals surface area contributed by atoms with E-state index in [4.69, 9.17) is 26.8 Å². The Morgan fingerprint density at radius 2 is 1.56 bits per heavy atom. The molecule has 1 aromatic heterocycles. The number of hydrogen-bond donors (Lipinski definition) is 1. The molecule has 0 aliphatic rings. The van der Waals surface area contributed by atoms with E-state index in [1.807, 2.05) is 12.1 Å². The van der Waals surface area contributed by atoms with Gasteiger partial charge in [0, 0.05) is 14.2 Å². The first kappa shape index (κ1) is 13.0. The van der Waals surface area contributed by atoms with Gasteiger partial charge in [-0.2, -0.15) is 0 Å². The van der Waals surface area contributed by atoms with Gasteiger partial charge < -0.3 is 15.2 Å². The summed E-state index contributed by atoms with van der Waals surface area (Å²) in [5.41, 5.74) is 9.04. The molecule has 0 spiro atoms. The van der Waals surface area contributed by atoms with Crippen LogP contribution in [0.15, 0.2) is 12.1 Å². The molecule has 2 rings (SSSR count). The standard InChI is InChI=1S/C12H14ClN3O2/c1-17-5-7-3-9-10(4-8(7)6-18-2)16-12(14)11(13)15-9/h3-4H,5-6H2,1-2H3,(H2,14,16). The third kappa shape index (κ3) is 2.53. The first-order valence-corrected chi connectivity index (χ1v) is 5.76. The Bertz CT molecular complexity index is 524. The second-order valence-corrected chi connectivity index (χ2v) is 4.23. The SMILES string of the molecule is COCc1cc2nc(N)c(Cl)nc2cc1COC. The normalized spacial score (nSPS) is 11.1. The van der Waals surface area contributed by atoms with Crippen LogP contribution in [0.4, 0.5) is 5.82 Å². The fraction of sp³-hybridized carbons (Fsp3) is 0.333. The number of aromatic nitrogens is 2. The molecular formula is C12H14ClN3O2. The number of anilines is 1. The molecule has 0 unspecified atom stereocenters. The zero-order chi connectivity index (χ0) is 13.1. The maximum atomic E-state index is 5.86. The van der Waals surface area contributed by atoms with Crippen molar-refractivity contribution in [2.75, 3.05) is 20.0 Å². The minimum atomic E-state index is 0.213. The number of hydrogen-bond acceptors (Lipinski definition) is 5. The molecular weight excluding hydrogens is 254 g/mol. The van der Waals surface area contributed by atoms with E-state index in [1.165, 1.54) is 0 Å². The number of nitrogens with zero attached hydrogens (tertiary/aromatic N) is 2. The average Bonchev–Trinajstić information content (AvgIpc) is 2.33. The molecule has 2 aromatic rings. The summed E-state index contributed by atoms with van der Waals surface area (Å²) in [7, 11) is 3.28. The van der Waals surface area contributed by atoms with Crippen molar-refractivity contribution in [2.24, 2.45) is 0 Å². The lowest BCUT2D eigenvalue weighted by atomic mass is 10.1. The van der Waals surface area contributed by atoms with Crippen LogP contribution in [0.5, 0.6) is 0 Å². The van der Waals surface area contributed by atoms with Crippen molar-refractivity contribution in [2.45, 2.75) is 13.2 Å². The summed E-state index contributed by atoms with van der Waals surface area (Å²) in [6, 6.07) is 3.79. The largest absolute Gasteiger partial charge is 0.381 e. The predicted octanol–water partition coefficient (Wildman–Crippen LogP) is 2.16. The fourth-order valence-electron chi connectivity index (χ4n) is 1.76. The highest BCUT2D eigenvalue weighted by molar-refractivity contribution is 6.31. The van der Waals surface area contributed by atoms with Crippen LogP contribution in [0.3, 0.4) is 0 Å². The molecule has 2 N–H and O–H groups in total. The highest BCUT2D eigenvalue weighted by Crippen LogP contribution is 2.23. The summed E-state index contributed by atoms with van der Waals surface area (Å²) >= 11 is 5.86. The Morgan fingerprint density at radius 3 is 2.06 bits per heavy atom. The highest BCUT2D eigenvalue weighted by atomic mass is 35.5. The van der Waals surface area contributed by atoms with E-state index in [9.17, 15) is 0 Å². The molecule has 5 nitrogen and oxygen atoms in total. The quantitative estimate of drug-likeness (QED) is 0.919. The number of nitrogens with two attached hydrogens (primary N) is 1. The maximum absolute atomic E-state index is 5.86. The van der Waals surface area contributed by atoms with Crippen molar-refractivity contribution in [3.8, 4) is 0 Å². The Kier molecular flexibility index (Phi) is 3.96. The van der Waals surface area contributed by atoms with E-state index in [0.29, 0.717) is 24.2 Å². The van der Waals surface area contributed by atoms with Gasteiger partial charge in [0.25, 0.3) is 0 Å². The van der Waals surface area contributed by atoms with Gasteiger partial charge in [-0.15, -0.1) is 0 Å². The molecule has 0 fully saturated rings. The molecule has 1 aromatic carbocycles. The first-order chi connectivity index (χ1) is 8.65. The monoisotopic (exact) mass is 267 g/mol. The Labute approximate surface area is 110 Å². The van der Waals surface area contributed by atoms with Crippen LogP contribution in [0.25, 0.3) is 11.0 Å². The van der Waals surface area contributed by atoms with Gasteiger partial charge in [0.15, 0.2) is 11.0 Å². The Hall–Kier alpha value is -1.43. The van der Waals surface area contributed by atoms with Gasteiger partial charge in [0.05, 0.1) is 24.2 Å². The van der Waals surface area contributed by atoms with Crippen molar-refractivity contribution in [3.63, 3.8) is 0 Å². The Balaban J connectivity index is 2.60. The minimum absolute atomic E-state index is 0.213. The lowest BCUT2D eigenvalue weighted by molar-refractivity contribution is 0.168. The molecule has 0 aliphatic carbocycles. The molecule has 18 heavy (non-hydrogen) atoms. The van der Waals surface area contributed by atoms with Crippen LogP contribution in [-0.2, 0) is 22.7 Å². The van der Waals surface area contributed by atoms with E-state index >= 15 is 0 Å². The molecule has 6 heteroatoms. The second kappa shape index (κ2) is 5.48. The fourth-order valence-corrected chi connectivity index (χ4v) is 1.89. The zero-order valence-electron chi connectivity index (χ0n) is 10.2. The second-order valence-electron chi connectivity index (χ2n) is 3.88. The number of fused-ring (bicyclic) bond motifs is 1. The summed E-state index contributed by atoms with van der Waals surface area (Å²) in [5.74, 6) is 0.229. The average molecular weight is 268 g/mol. The third-order valence-corrected chi connectivity index (χ3v) is 2.85. The lowest BCUT2D eigenvalue weighted by Crippen LogP contribution is -2.01. The van der Waals surface area contributed by atoms with Crippen LogP contribution in [0.2, 0.25) is 5.15 Å². The highest BCUT2D eigenvalue weighted by Gasteiger charge is 2.09. The minimum Gasteiger partial charge on any atom is -0.381 e. The van der Waals surface area contributed by atoms with Gasteiger partial charge in [0.2, 0.25) is 0 Å². The number of benzene rings is 1. The van der Waals surface area contributed by atoms with E-state index in [-0.39, 0.29) is 11.0 Å². The summed E-state index contributed by atoms with van der Waals surface area (Å²) in [4.78, 5) is 8.41. The van der Waals surface area contributed by atoms with Crippen molar-refractivity contribution >= 4 is 28.5 Å². The summed E-state index contributed by atoms with van der Waals surface area (Å²) < 4.78 is 10.3. The van der Waals surface area contributed by atoms with Gasteiger partial charge in [-0.1, -0.05) is 11.6 Å². The molecule has 0 radical (unpaired) electrons. The van der Waals surface area contributed by atoms with Crippen LogP contribution >= 0.6 is 11.6 Å². The van der Waals surface area contributed by atoms with Crippen LogP contribution < -0.4 is 5.73 Å². The van der Waals surface area contributed by atoms with Gasteiger partial charge in [0.1, 0.15) is 0 Å². The van der Waals surface area contributed by atoms with Gasteiger partial charge >= 0.3 is 0 Å². The molecule has 0 saturated carbocycles. The van der Waals surface area contributed by atoms with Gasteiger partial charge in [-0.3, -0.25) is 0 Å².